The lowest BCUT2D eigenvalue weighted by molar-refractivity contribution is 0.0374. The lowest BCUT2D eigenvalue weighted by Crippen LogP contribution is -2.38. The van der Waals surface area contributed by atoms with Crippen molar-refractivity contribution in [2.45, 2.75) is 17.7 Å². The molecule has 1 fully saturated rings. The zero-order valence-electron chi connectivity index (χ0n) is 13.2. The smallest absolute Gasteiger partial charge is 0.252 e. The fourth-order valence-corrected chi connectivity index (χ4v) is 4.04. The summed E-state index contributed by atoms with van der Waals surface area (Å²) in [6.45, 7) is 5.17. The molecule has 2 heterocycles. The number of rotatable bonds is 5. The molecule has 0 aromatic heterocycles. The van der Waals surface area contributed by atoms with Crippen LogP contribution in [0.2, 0.25) is 0 Å². The normalized spacial score (nSPS) is 18.5. The average Bonchev–Trinajstić information content (AvgIpc) is 2.59. The molecule has 0 atom stereocenters. The van der Waals surface area contributed by atoms with Crippen LogP contribution in [0.25, 0.3) is 0 Å². The van der Waals surface area contributed by atoms with Crippen LogP contribution >= 0.6 is 11.8 Å². The van der Waals surface area contributed by atoms with Gasteiger partial charge in [-0.3, -0.25) is 14.5 Å². The standard InChI is InChI=1S/C17H22N2O3S/c20-15-5-12-23-16-13(15)3-1-4-14(16)17(21)18-6-2-7-19-8-10-22-11-9-19/h1,3-4H,2,5-12H2,(H,18,21). The van der Waals surface area contributed by atoms with Gasteiger partial charge in [0.05, 0.1) is 18.8 Å². The predicted octanol–water partition coefficient (Wildman–Crippen LogP) is 1.82. The van der Waals surface area contributed by atoms with Crippen molar-refractivity contribution in [1.29, 1.82) is 0 Å². The van der Waals surface area contributed by atoms with Gasteiger partial charge in [-0.05, 0) is 19.0 Å². The van der Waals surface area contributed by atoms with Gasteiger partial charge in [-0.15, -0.1) is 11.8 Å². The van der Waals surface area contributed by atoms with Gasteiger partial charge < -0.3 is 10.1 Å². The molecule has 0 bridgehead atoms. The summed E-state index contributed by atoms with van der Waals surface area (Å²) in [6.07, 6.45) is 1.48. The summed E-state index contributed by atoms with van der Waals surface area (Å²) in [4.78, 5) is 27.5. The average molecular weight is 334 g/mol. The number of morpholine rings is 1. The number of ketones is 1. The van der Waals surface area contributed by atoms with Gasteiger partial charge in [0.25, 0.3) is 5.91 Å². The first-order valence-corrected chi connectivity index (χ1v) is 9.11. The van der Waals surface area contributed by atoms with E-state index in [-0.39, 0.29) is 11.7 Å². The van der Waals surface area contributed by atoms with E-state index in [2.05, 4.69) is 10.2 Å². The Labute approximate surface area is 140 Å². The molecule has 1 N–H and O–H groups in total. The number of amides is 1. The number of Topliss-reactive ketones (excluding diaryl/α,β-unsaturated/α-hetero) is 1. The lowest BCUT2D eigenvalue weighted by Gasteiger charge is -2.26. The third-order valence-electron chi connectivity index (χ3n) is 4.18. The maximum Gasteiger partial charge on any atom is 0.252 e. The highest BCUT2D eigenvalue weighted by Gasteiger charge is 2.22. The van der Waals surface area contributed by atoms with Gasteiger partial charge in [0.1, 0.15) is 0 Å². The van der Waals surface area contributed by atoms with Crippen molar-refractivity contribution in [3.05, 3.63) is 29.3 Å². The zero-order chi connectivity index (χ0) is 16.1. The van der Waals surface area contributed by atoms with Crippen molar-refractivity contribution in [3.63, 3.8) is 0 Å². The molecule has 23 heavy (non-hydrogen) atoms. The minimum atomic E-state index is -0.0778. The molecular formula is C17H22N2O3S. The third kappa shape index (κ3) is 4.13. The first-order chi connectivity index (χ1) is 11.3. The first-order valence-electron chi connectivity index (χ1n) is 8.13. The van der Waals surface area contributed by atoms with Crippen LogP contribution in [0.15, 0.2) is 23.1 Å². The number of thioether (sulfide) groups is 1. The van der Waals surface area contributed by atoms with Crippen molar-refractivity contribution in [1.82, 2.24) is 10.2 Å². The molecule has 0 radical (unpaired) electrons. The van der Waals surface area contributed by atoms with Gasteiger partial charge in [-0.2, -0.15) is 0 Å². The molecule has 124 valence electrons. The highest BCUT2D eigenvalue weighted by molar-refractivity contribution is 7.99. The summed E-state index contributed by atoms with van der Waals surface area (Å²) in [5, 5.41) is 2.98. The molecule has 1 amide bonds. The number of carbonyl (C=O) groups excluding carboxylic acids is 2. The van der Waals surface area contributed by atoms with Crippen LogP contribution in [0, 0.1) is 0 Å². The van der Waals surface area contributed by atoms with Crippen LogP contribution in [-0.2, 0) is 4.74 Å². The molecule has 0 spiro atoms. The SMILES string of the molecule is O=C1CCSc2c1cccc2C(=O)NCCCN1CCOCC1. The fourth-order valence-electron chi connectivity index (χ4n) is 2.90. The van der Waals surface area contributed by atoms with E-state index in [0.29, 0.717) is 24.1 Å². The Hall–Kier alpha value is -1.37. The summed E-state index contributed by atoms with van der Waals surface area (Å²) in [5.41, 5.74) is 1.33. The molecule has 1 saturated heterocycles. The molecule has 2 aliphatic heterocycles. The van der Waals surface area contributed by atoms with Crippen molar-refractivity contribution in [3.8, 4) is 0 Å². The maximum atomic E-state index is 12.4. The van der Waals surface area contributed by atoms with E-state index < -0.39 is 0 Å². The lowest BCUT2D eigenvalue weighted by atomic mass is 10.0. The Bertz CT molecular complexity index is 585. The number of carbonyl (C=O) groups is 2. The summed E-state index contributed by atoms with van der Waals surface area (Å²) >= 11 is 1.61. The summed E-state index contributed by atoms with van der Waals surface area (Å²) < 4.78 is 5.32. The van der Waals surface area contributed by atoms with Gasteiger partial charge in [0.2, 0.25) is 0 Å². The van der Waals surface area contributed by atoms with Gasteiger partial charge in [-0.25, -0.2) is 0 Å². The van der Waals surface area contributed by atoms with Crippen LogP contribution in [-0.4, -0.2) is 61.7 Å². The van der Waals surface area contributed by atoms with E-state index >= 15 is 0 Å². The Morgan fingerprint density at radius 1 is 1.30 bits per heavy atom. The molecule has 6 heteroatoms. The number of nitrogens with zero attached hydrogens (tertiary/aromatic N) is 1. The predicted molar refractivity (Wildman–Crippen MR) is 90.3 cm³/mol. The number of fused-ring (bicyclic) bond motifs is 1. The molecular weight excluding hydrogens is 312 g/mol. The summed E-state index contributed by atoms with van der Waals surface area (Å²) in [7, 11) is 0. The Morgan fingerprint density at radius 2 is 2.13 bits per heavy atom. The monoisotopic (exact) mass is 334 g/mol. The number of benzene rings is 1. The largest absolute Gasteiger partial charge is 0.379 e. The van der Waals surface area contributed by atoms with E-state index in [4.69, 9.17) is 4.74 Å². The van der Waals surface area contributed by atoms with E-state index in [0.717, 1.165) is 49.9 Å². The topological polar surface area (TPSA) is 58.6 Å². The van der Waals surface area contributed by atoms with Crippen LogP contribution in [0.1, 0.15) is 33.6 Å². The number of hydrogen-bond acceptors (Lipinski definition) is 5. The van der Waals surface area contributed by atoms with E-state index in [9.17, 15) is 9.59 Å². The van der Waals surface area contributed by atoms with Gasteiger partial charge in [0.15, 0.2) is 5.78 Å². The molecule has 0 aliphatic carbocycles. The molecule has 0 unspecified atom stereocenters. The fraction of sp³-hybridized carbons (Fsp3) is 0.529. The van der Waals surface area contributed by atoms with E-state index in [1.54, 1.807) is 17.8 Å². The van der Waals surface area contributed by atoms with Gasteiger partial charge in [-0.1, -0.05) is 12.1 Å². The molecule has 5 nitrogen and oxygen atoms in total. The minimum Gasteiger partial charge on any atom is -0.379 e. The minimum absolute atomic E-state index is 0.0778. The van der Waals surface area contributed by atoms with Crippen LogP contribution in [0.3, 0.4) is 0 Å². The Kier molecular flexibility index (Phi) is 5.70. The van der Waals surface area contributed by atoms with Gasteiger partial charge in [0, 0.05) is 42.3 Å². The summed E-state index contributed by atoms with van der Waals surface area (Å²) in [5.74, 6) is 0.819. The van der Waals surface area contributed by atoms with E-state index in [1.807, 2.05) is 12.1 Å². The Morgan fingerprint density at radius 3 is 2.96 bits per heavy atom. The summed E-state index contributed by atoms with van der Waals surface area (Å²) in [6, 6.07) is 5.42. The molecule has 2 aliphatic rings. The quantitative estimate of drug-likeness (QED) is 0.833. The number of hydrogen-bond donors (Lipinski definition) is 1. The van der Waals surface area contributed by atoms with Crippen LogP contribution in [0.4, 0.5) is 0 Å². The first kappa shape index (κ1) is 16.5. The van der Waals surface area contributed by atoms with Crippen molar-refractivity contribution >= 4 is 23.5 Å². The molecule has 0 saturated carbocycles. The van der Waals surface area contributed by atoms with Crippen LogP contribution < -0.4 is 5.32 Å². The molecule has 3 rings (SSSR count). The maximum absolute atomic E-state index is 12.4. The second-order valence-corrected chi connectivity index (χ2v) is 6.87. The van der Waals surface area contributed by atoms with Crippen molar-refractivity contribution in [2.24, 2.45) is 0 Å². The van der Waals surface area contributed by atoms with E-state index in [1.165, 1.54) is 0 Å². The highest BCUT2D eigenvalue weighted by Crippen LogP contribution is 2.32. The Balaban J connectivity index is 1.52. The number of nitrogens with one attached hydrogen (secondary N) is 1. The van der Waals surface area contributed by atoms with Gasteiger partial charge >= 0.3 is 0 Å². The second-order valence-electron chi connectivity index (χ2n) is 5.77. The number of ether oxygens (including phenoxy) is 1. The van der Waals surface area contributed by atoms with Crippen molar-refractivity contribution in [2.75, 3.05) is 45.1 Å². The zero-order valence-corrected chi connectivity index (χ0v) is 14.0. The second kappa shape index (κ2) is 7.95. The van der Waals surface area contributed by atoms with Crippen LogP contribution in [0.5, 0.6) is 0 Å². The highest BCUT2D eigenvalue weighted by atomic mass is 32.2. The molecule has 1 aromatic carbocycles. The van der Waals surface area contributed by atoms with Crippen molar-refractivity contribution < 1.29 is 14.3 Å². The third-order valence-corrected chi connectivity index (χ3v) is 5.31. The molecule has 1 aromatic rings.